The SMILES string of the molecule is Nc1nc(Cc2cccc([N+](=O)[O-])c2)c2c(n1)CC(c1ccccc1)CC2=O. The molecule has 3 aromatic rings. The largest absolute Gasteiger partial charge is 0.368 e. The van der Waals surface area contributed by atoms with Gasteiger partial charge < -0.3 is 5.73 Å². The summed E-state index contributed by atoms with van der Waals surface area (Å²) in [5.74, 6) is 0.150. The molecule has 0 spiro atoms. The van der Waals surface area contributed by atoms with Crippen molar-refractivity contribution in [2.75, 3.05) is 5.73 Å². The maximum Gasteiger partial charge on any atom is 0.269 e. The number of anilines is 1. The number of nitrogens with zero attached hydrogens (tertiary/aromatic N) is 3. The van der Waals surface area contributed by atoms with E-state index >= 15 is 0 Å². The molecule has 0 saturated carbocycles. The minimum absolute atomic E-state index is 0.00358. The number of hydrogen-bond donors (Lipinski definition) is 1. The highest BCUT2D eigenvalue weighted by Crippen LogP contribution is 2.34. The van der Waals surface area contributed by atoms with Gasteiger partial charge in [0.1, 0.15) is 0 Å². The third kappa shape index (κ3) is 3.46. The lowest BCUT2D eigenvalue weighted by Crippen LogP contribution is -2.24. The van der Waals surface area contributed by atoms with E-state index in [4.69, 9.17) is 5.73 Å². The van der Waals surface area contributed by atoms with Crippen molar-refractivity contribution in [2.24, 2.45) is 0 Å². The Hall–Kier alpha value is -3.61. The van der Waals surface area contributed by atoms with Crippen molar-refractivity contribution in [3.63, 3.8) is 0 Å². The first-order valence-corrected chi connectivity index (χ1v) is 8.98. The van der Waals surface area contributed by atoms with E-state index in [9.17, 15) is 14.9 Å². The molecule has 1 aliphatic rings. The zero-order chi connectivity index (χ0) is 19.7. The van der Waals surface area contributed by atoms with E-state index in [-0.39, 0.29) is 23.3 Å². The van der Waals surface area contributed by atoms with Crippen LogP contribution in [0.4, 0.5) is 11.6 Å². The highest BCUT2D eigenvalue weighted by atomic mass is 16.6. The van der Waals surface area contributed by atoms with E-state index in [1.165, 1.54) is 12.1 Å². The van der Waals surface area contributed by atoms with Gasteiger partial charge in [0.05, 0.1) is 21.9 Å². The second-order valence-electron chi connectivity index (χ2n) is 6.89. The third-order valence-corrected chi connectivity index (χ3v) is 4.99. The Morgan fingerprint density at radius 2 is 1.86 bits per heavy atom. The second kappa shape index (κ2) is 7.19. The monoisotopic (exact) mass is 374 g/mol. The first-order chi connectivity index (χ1) is 13.5. The molecule has 7 nitrogen and oxygen atoms in total. The summed E-state index contributed by atoms with van der Waals surface area (Å²) < 4.78 is 0. The quantitative estimate of drug-likeness (QED) is 0.553. The van der Waals surface area contributed by atoms with Crippen molar-refractivity contribution in [1.29, 1.82) is 0 Å². The van der Waals surface area contributed by atoms with Gasteiger partial charge in [0.25, 0.3) is 5.69 Å². The number of nitrogen functional groups attached to an aromatic ring is 1. The Bertz CT molecular complexity index is 1070. The molecular weight excluding hydrogens is 356 g/mol. The Balaban J connectivity index is 1.70. The normalized spacial score (nSPS) is 15.9. The van der Waals surface area contributed by atoms with Gasteiger partial charge in [-0.25, -0.2) is 9.97 Å². The number of carbonyl (C=O) groups excluding carboxylic acids is 1. The topological polar surface area (TPSA) is 112 Å². The van der Waals surface area contributed by atoms with Crippen LogP contribution in [0.1, 0.15) is 45.2 Å². The van der Waals surface area contributed by atoms with Gasteiger partial charge >= 0.3 is 0 Å². The zero-order valence-electron chi connectivity index (χ0n) is 15.0. The molecule has 0 amide bonds. The van der Waals surface area contributed by atoms with Crippen LogP contribution in [0.3, 0.4) is 0 Å². The number of hydrogen-bond acceptors (Lipinski definition) is 6. The van der Waals surface area contributed by atoms with Gasteiger partial charge in [-0.1, -0.05) is 42.5 Å². The smallest absolute Gasteiger partial charge is 0.269 e. The van der Waals surface area contributed by atoms with E-state index in [2.05, 4.69) is 9.97 Å². The minimum Gasteiger partial charge on any atom is -0.368 e. The van der Waals surface area contributed by atoms with Crippen LogP contribution in [0, 0.1) is 10.1 Å². The molecule has 4 rings (SSSR count). The summed E-state index contributed by atoms with van der Waals surface area (Å²) in [7, 11) is 0. The third-order valence-electron chi connectivity index (χ3n) is 4.99. The number of nitro benzene ring substituents is 1. The van der Waals surface area contributed by atoms with Gasteiger partial charge in [-0.3, -0.25) is 14.9 Å². The molecule has 2 N–H and O–H groups in total. The molecule has 0 bridgehead atoms. The molecule has 0 saturated heterocycles. The minimum atomic E-state index is -0.442. The fourth-order valence-corrected chi connectivity index (χ4v) is 3.74. The van der Waals surface area contributed by atoms with Gasteiger partial charge in [0.15, 0.2) is 5.78 Å². The van der Waals surface area contributed by atoms with Gasteiger partial charge in [-0.2, -0.15) is 0 Å². The highest BCUT2D eigenvalue weighted by molar-refractivity contribution is 6.00. The van der Waals surface area contributed by atoms with Crippen LogP contribution in [-0.2, 0) is 12.8 Å². The number of ketones is 1. The standard InChI is InChI=1S/C21H18N4O3/c22-21-23-17(10-13-5-4-8-16(9-13)25(27)28)20-18(24-21)11-15(12-19(20)26)14-6-2-1-3-7-14/h1-9,15H,10-12H2,(H2,22,23,24). The van der Waals surface area contributed by atoms with Gasteiger partial charge in [0.2, 0.25) is 5.95 Å². The maximum atomic E-state index is 12.9. The summed E-state index contributed by atoms with van der Waals surface area (Å²) in [4.78, 5) is 32.1. The van der Waals surface area contributed by atoms with Crippen molar-refractivity contribution < 1.29 is 9.72 Å². The number of nitro groups is 1. The van der Waals surface area contributed by atoms with Crippen LogP contribution in [0.25, 0.3) is 0 Å². The number of rotatable bonds is 4. The van der Waals surface area contributed by atoms with Gasteiger partial charge in [0, 0.05) is 25.0 Å². The highest BCUT2D eigenvalue weighted by Gasteiger charge is 2.30. The molecule has 0 radical (unpaired) electrons. The molecule has 1 aliphatic carbocycles. The lowest BCUT2D eigenvalue weighted by Gasteiger charge is -2.25. The molecule has 0 aliphatic heterocycles. The van der Waals surface area contributed by atoms with Gasteiger partial charge in [-0.05, 0) is 23.5 Å². The van der Waals surface area contributed by atoms with Crippen molar-refractivity contribution in [1.82, 2.24) is 9.97 Å². The number of benzene rings is 2. The summed E-state index contributed by atoms with van der Waals surface area (Å²) in [5.41, 5.74) is 9.39. The predicted octanol–water partition coefficient (Wildman–Crippen LogP) is 3.47. The Kier molecular flexibility index (Phi) is 4.57. The molecule has 1 aromatic heterocycles. The number of fused-ring (bicyclic) bond motifs is 1. The lowest BCUT2D eigenvalue weighted by molar-refractivity contribution is -0.384. The lowest BCUT2D eigenvalue weighted by atomic mass is 9.80. The van der Waals surface area contributed by atoms with E-state index < -0.39 is 4.92 Å². The molecule has 0 fully saturated rings. The number of non-ortho nitro benzene ring substituents is 1. The number of aromatic nitrogens is 2. The molecule has 2 aromatic carbocycles. The summed E-state index contributed by atoms with van der Waals surface area (Å²) in [6, 6.07) is 16.2. The number of Topliss-reactive ketones (excluding diaryl/α,β-unsaturated/α-hetero) is 1. The molecular formula is C21H18N4O3. The van der Waals surface area contributed by atoms with Crippen molar-refractivity contribution in [3.05, 3.63) is 92.8 Å². The maximum absolute atomic E-state index is 12.9. The summed E-state index contributed by atoms with van der Waals surface area (Å²) >= 11 is 0. The molecule has 28 heavy (non-hydrogen) atoms. The fraction of sp³-hybridized carbons (Fsp3) is 0.190. The van der Waals surface area contributed by atoms with Crippen LogP contribution in [0.2, 0.25) is 0 Å². The second-order valence-corrected chi connectivity index (χ2v) is 6.89. The van der Waals surface area contributed by atoms with Crippen molar-refractivity contribution in [3.8, 4) is 0 Å². The van der Waals surface area contributed by atoms with Crippen LogP contribution in [0.5, 0.6) is 0 Å². The van der Waals surface area contributed by atoms with E-state index in [1.807, 2.05) is 30.3 Å². The average molecular weight is 374 g/mol. The summed E-state index contributed by atoms with van der Waals surface area (Å²) in [6.07, 6.45) is 1.28. The van der Waals surface area contributed by atoms with E-state index in [0.29, 0.717) is 41.8 Å². The number of nitrogens with two attached hydrogens (primary N) is 1. The first kappa shape index (κ1) is 17.8. The van der Waals surface area contributed by atoms with E-state index in [0.717, 1.165) is 5.56 Å². The molecule has 1 unspecified atom stereocenters. The van der Waals surface area contributed by atoms with Crippen LogP contribution >= 0.6 is 0 Å². The Labute approximate surface area is 161 Å². The summed E-state index contributed by atoms with van der Waals surface area (Å²) in [6.45, 7) is 0. The molecule has 7 heteroatoms. The van der Waals surface area contributed by atoms with Crippen LogP contribution in [0.15, 0.2) is 54.6 Å². The van der Waals surface area contributed by atoms with Gasteiger partial charge in [-0.15, -0.1) is 0 Å². The molecule has 140 valence electrons. The number of carbonyl (C=O) groups is 1. The van der Waals surface area contributed by atoms with E-state index in [1.54, 1.807) is 12.1 Å². The fourth-order valence-electron chi connectivity index (χ4n) is 3.74. The first-order valence-electron chi connectivity index (χ1n) is 8.98. The molecule has 1 atom stereocenters. The predicted molar refractivity (Wildman–Crippen MR) is 104 cm³/mol. The zero-order valence-corrected chi connectivity index (χ0v) is 15.0. The van der Waals surface area contributed by atoms with Crippen molar-refractivity contribution >= 4 is 17.4 Å². The summed E-state index contributed by atoms with van der Waals surface area (Å²) in [5, 5.41) is 11.0. The Morgan fingerprint density at radius 1 is 1.07 bits per heavy atom. The molecule has 1 heterocycles. The Morgan fingerprint density at radius 3 is 2.61 bits per heavy atom. The average Bonchev–Trinajstić information content (AvgIpc) is 2.68. The van der Waals surface area contributed by atoms with Crippen LogP contribution in [-0.4, -0.2) is 20.7 Å². The van der Waals surface area contributed by atoms with Crippen molar-refractivity contribution in [2.45, 2.75) is 25.2 Å². The van der Waals surface area contributed by atoms with Crippen LogP contribution < -0.4 is 5.73 Å².